The van der Waals surface area contributed by atoms with E-state index in [-0.39, 0.29) is 10.8 Å². The average molecular weight is 419 g/mol. The Morgan fingerprint density at radius 2 is 1.52 bits per heavy atom. The molecule has 0 saturated carbocycles. The highest BCUT2D eigenvalue weighted by Gasteiger charge is 2.25. The van der Waals surface area contributed by atoms with Gasteiger partial charge in [0.15, 0.2) is 0 Å². The van der Waals surface area contributed by atoms with Gasteiger partial charge in [0.05, 0.1) is 4.90 Å². The number of benzene rings is 2. The second-order valence-electron chi connectivity index (χ2n) is 6.99. The summed E-state index contributed by atoms with van der Waals surface area (Å²) in [7, 11) is -0.753. The van der Waals surface area contributed by atoms with Gasteiger partial charge in [-0.25, -0.2) is 17.5 Å². The predicted octanol–water partition coefficient (Wildman–Crippen LogP) is 2.72. The molecule has 0 radical (unpaired) electrons. The molecule has 2 aromatic carbocycles. The molecule has 2 aromatic rings. The molecule has 3 N–H and O–H groups in total. The minimum absolute atomic E-state index is 0.0659. The SMILES string of the molecule is CC(C)[C@H](NC(=O)Nc1ccccc1)C(=O)Nc1cccc(S(=O)(=O)N(C)C)c1. The lowest BCUT2D eigenvalue weighted by Crippen LogP contribution is -2.48. The highest BCUT2D eigenvalue weighted by molar-refractivity contribution is 7.89. The Labute approximate surface area is 171 Å². The monoisotopic (exact) mass is 418 g/mol. The molecule has 0 spiro atoms. The molecule has 0 saturated heterocycles. The lowest BCUT2D eigenvalue weighted by atomic mass is 10.0. The number of rotatable bonds is 7. The standard InChI is InChI=1S/C20H26N4O4S/c1-14(2)18(23-20(26)22-15-9-6-5-7-10-15)19(25)21-16-11-8-12-17(13-16)29(27,28)24(3)4/h5-14,18H,1-4H3,(H,21,25)(H2,22,23,26)/t18-/m0/s1. The molecule has 3 amide bonds. The quantitative estimate of drug-likeness (QED) is 0.642. The minimum Gasteiger partial charge on any atom is -0.326 e. The van der Waals surface area contributed by atoms with Crippen molar-refractivity contribution < 1.29 is 18.0 Å². The number of nitrogens with one attached hydrogen (secondary N) is 3. The summed E-state index contributed by atoms with van der Waals surface area (Å²) >= 11 is 0. The van der Waals surface area contributed by atoms with E-state index in [1.807, 2.05) is 6.07 Å². The Bertz CT molecular complexity index is 959. The van der Waals surface area contributed by atoms with Crippen molar-refractivity contribution in [3.05, 3.63) is 54.6 Å². The number of para-hydroxylation sites is 1. The third-order valence-corrected chi connectivity index (χ3v) is 5.96. The van der Waals surface area contributed by atoms with E-state index in [2.05, 4.69) is 16.0 Å². The number of sulfonamides is 1. The van der Waals surface area contributed by atoms with E-state index in [1.165, 1.54) is 26.2 Å². The van der Waals surface area contributed by atoms with Gasteiger partial charge < -0.3 is 16.0 Å². The van der Waals surface area contributed by atoms with Crippen molar-refractivity contribution in [1.29, 1.82) is 0 Å². The highest BCUT2D eigenvalue weighted by atomic mass is 32.2. The van der Waals surface area contributed by atoms with Crippen LogP contribution >= 0.6 is 0 Å². The Kier molecular flexibility index (Phi) is 7.35. The predicted molar refractivity (Wildman–Crippen MR) is 113 cm³/mol. The minimum atomic E-state index is -3.62. The number of anilines is 2. The van der Waals surface area contributed by atoms with Gasteiger partial charge in [-0.2, -0.15) is 0 Å². The summed E-state index contributed by atoms with van der Waals surface area (Å²) in [5.41, 5.74) is 0.934. The third kappa shape index (κ3) is 6.03. The number of hydrogen-bond donors (Lipinski definition) is 3. The van der Waals surface area contributed by atoms with Crippen molar-refractivity contribution >= 4 is 33.3 Å². The van der Waals surface area contributed by atoms with Gasteiger partial charge in [-0.15, -0.1) is 0 Å². The Morgan fingerprint density at radius 3 is 2.10 bits per heavy atom. The van der Waals surface area contributed by atoms with E-state index in [9.17, 15) is 18.0 Å². The molecule has 156 valence electrons. The fourth-order valence-corrected chi connectivity index (χ4v) is 3.48. The van der Waals surface area contributed by atoms with Crippen molar-refractivity contribution in [2.45, 2.75) is 24.8 Å². The third-order valence-electron chi connectivity index (χ3n) is 4.15. The molecule has 0 aliphatic carbocycles. The molecule has 0 aliphatic heterocycles. The zero-order valence-corrected chi connectivity index (χ0v) is 17.7. The first-order valence-electron chi connectivity index (χ1n) is 9.07. The number of carbonyl (C=O) groups is 2. The zero-order valence-electron chi connectivity index (χ0n) is 16.8. The first-order valence-corrected chi connectivity index (χ1v) is 10.5. The van der Waals surface area contributed by atoms with E-state index >= 15 is 0 Å². The topological polar surface area (TPSA) is 108 Å². The van der Waals surface area contributed by atoms with Crippen LogP contribution in [0.1, 0.15) is 13.8 Å². The molecular weight excluding hydrogens is 392 g/mol. The fourth-order valence-electron chi connectivity index (χ4n) is 2.53. The van der Waals surface area contributed by atoms with Crippen LogP contribution in [-0.2, 0) is 14.8 Å². The van der Waals surface area contributed by atoms with Gasteiger partial charge in [-0.05, 0) is 36.2 Å². The van der Waals surface area contributed by atoms with Crippen LogP contribution in [0.2, 0.25) is 0 Å². The zero-order chi connectivity index (χ0) is 21.6. The lowest BCUT2D eigenvalue weighted by Gasteiger charge is -2.22. The van der Waals surface area contributed by atoms with Gasteiger partial charge in [-0.3, -0.25) is 4.79 Å². The van der Waals surface area contributed by atoms with Crippen LogP contribution < -0.4 is 16.0 Å². The molecule has 29 heavy (non-hydrogen) atoms. The van der Waals surface area contributed by atoms with Gasteiger partial charge in [0.25, 0.3) is 0 Å². The van der Waals surface area contributed by atoms with E-state index in [0.29, 0.717) is 11.4 Å². The normalized spacial score (nSPS) is 12.5. The maximum atomic E-state index is 12.7. The molecule has 0 bridgehead atoms. The van der Waals surface area contributed by atoms with Gasteiger partial charge in [-0.1, -0.05) is 38.1 Å². The van der Waals surface area contributed by atoms with Crippen LogP contribution in [-0.4, -0.2) is 44.8 Å². The molecule has 0 aliphatic rings. The van der Waals surface area contributed by atoms with E-state index in [1.54, 1.807) is 50.2 Å². The first kappa shape index (κ1) is 22.4. The molecule has 0 unspecified atom stereocenters. The number of amides is 3. The lowest BCUT2D eigenvalue weighted by molar-refractivity contribution is -0.118. The maximum Gasteiger partial charge on any atom is 0.319 e. The molecule has 0 heterocycles. The van der Waals surface area contributed by atoms with Gasteiger partial charge in [0, 0.05) is 25.5 Å². The smallest absolute Gasteiger partial charge is 0.319 e. The van der Waals surface area contributed by atoms with Crippen molar-refractivity contribution in [3.8, 4) is 0 Å². The summed E-state index contributed by atoms with van der Waals surface area (Å²) < 4.78 is 25.7. The van der Waals surface area contributed by atoms with Crippen LogP contribution in [0.25, 0.3) is 0 Å². The van der Waals surface area contributed by atoms with Gasteiger partial charge in [0.1, 0.15) is 6.04 Å². The number of hydrogen-bond acceptors (Lipinski definition) is 4. The Balaban J connectivity index is 2.11. The van der Waals surface area contributed by atoms with E-state index < -0.39 is 28.0 Å². The number of nitrogens with zero attached hydrogens (tertiary/aromatic N) is 1. The van der Waals surface area contributed by atoms with Crippen molar-refractivity contribution in [3.63, 3.8) is 0 Å². The van der Waals surface area contributed by atoms with Crippen molar-refractivity contribution in [1.82, 2.24) is 9.62 Å². The van der Waals surface area contributed by atoms with E-state index in [4.69, 9.17) is 0 Å². The molecule has 9 heteroatoms. The van der Waals surface area contributed by atoms with Crippen molar-refractivity contribution in [2.24, 2.45) is 5.92 Å². The molecular formula is C20H26N4O4S. The number of carbonyl (C=O) groups excluding carboxylic acids is 2. The Morgan fingerprint density at radius 1 is 0.897 bits per heavy atom. The van der Waals surface area contributed by atoms with E-state index in [0.717, 1.165) is 4.31 Å². The first-order chi connectivity index (χ1) is 13.6. The molecule has 2 rings (SSSR count). The van der Waals surface area contributed by atoms with Gasteiger partial charge in [0.2, 0.25) is 15.9 Å². The second-order valence-corrected chi connectivity index (χ2v) is 9.14. The maximum absolute atomic E-state index is 12.7. The molecule has 8 nitrogen and oxygen atoms in total. The molecule has 0 fully saturated rings. The molecule has 0 aromatic heterocycles. The largest absolute Gasteiger partial charge is 0.326 e. The van der Waals surface area contributed by atoms with Crippen LogP contribution in [0.5, 0.6) is 0 Å². The summed E-state index contributed by atoms with van der Waals surface area (Å²) in [6.07, 6.45) is 0. The summed E-state index contributed by atoms with van der Waals surface area (Å²) in [6.45, 7) is 3.61. The summed E-state index contributed by atoms with van der Waals surface area (Å²) in [6, 6.07) is 13.5. The summed E-state index contributed by atoms with van der Waals surface area (Å²) in [4.78, 5) is 25.0. The van der Waals surface area contributed by atoms with Crippen LogP contribution in [0.15, 0.2) is 59.5 Å². The molecule has 1 atom stereocenters. The van der Waals surface area contributed by atoms with Gasteiger partial charge >= 0.3 is 6.03 Å². The van der Waals surface area contributed by atoms with Crippen LogP contribution in [0, 0.1) is 5.92 Å². The average Bonchev–Trinajstić information content (AvgIpc) is 2.66. The summed E-state index contributed by atoms with van der Waals surface area (Å²) in [5, 5.41) is 8.01. The highest BCUT2D eigenvalue weighted by Crippen LogP contribution is 2.18. The number of urea groups is 1. The second kappa shape index (κ2) is 9.53. The summed E-state index contributed by atoms with van der Waals surface area (Å²) in [5.74, 6) is -0.632. The fraction of sp³-hybridized carbons (Fsp3) is 0.300. The van der Waals surface area contributed by atoms with Crippen molar-refractivity contribution in [2.75, 3.05) is 24.7 Å². The van der Waals surface area contributed by atoms with Crippen LogP contribution in [0.4, 0.5) is 16.2 Å². The van der Waals surface area contributed by atoms with Crippen LogP contribution in [0.3, 0.4) is 0 Å². The Hall–Kier alpha value is -2.91.